The van der Waals surface area contributed by atoms with Gasteiger partial charge in [0.05, 0.1) is 6.54 Å². The first-order chi connectivity index (χ1) is 13.7. The van der Waals surface area contributed by atoms with Gasteiger partial charge in [0.15, 0.2) is 5.96 Å². The summed E-state index contributed by atoms with van der Waals surface area (Å²) in [7, 11) is 0. The highest BCUT2D eigenvalue weighted by Gasteiger charge is 2.27. The molecule has 30 heavy (non-hydrogen) atoms. The first-order valence-electron chi connectivity index (χ1n) is 9.90. The number of aryl methyl sites for hydroxylation is 3. The number of hydrogen-bond donors (Lipinski definition) is 4. The zero-order chi connectivity index (χ0) is 21.4. The molecule has 1 aromatic heterocycles. The molecule has 0 saturated carbocycles. The normalized spacial score (nSPS) is 13.2. The van der Waals surface area contributed by atoms with Gasteiger partial charge in [-0.05, 0) is 52.8 Å². The minimum Gasteiger partial charge on any atom is -0.466 e. The first kappa shape index (κ1) is 26.0. The van der Waals surface area contributed by atoms with Crippen LogP contribution in [0, 0.1) is 20.8 Å². The van der Waals surface area contributed by atoms with Crippen molar-refractivity contribution in [3.05, 3.63) is 58.5 Å². The Kier molecular flexibility index (Phi) is 10.3. The third-order valence-electron chi connectivity index (χ3n) is 4.49. The third kappa shape index (κ3) is 7.64. The Labute approximate surface area is 195 Å². The second-order valence-electron chi connectivity index (χ2n) is 7.35. The van der Waals surface area contributed by atoms with Crippen LogP contribution in [0.3, 0.4) is 0 Å². The molecule has 1 aromatic carbocycles. The molecular formula is C22H33IN4O3. The van der Waals surface area contributed by atoms with Crippen LogP contribution < -0.4 is 16.0 Å². The Balaban J connectivity index is 0.00000450. The lowest BCUT2D eigenvalue weighted by molar-refractivity contribution is 0.0657. The number of guanidine groups is 1. The summed E-state index contributed by atoms with van der Waals surface area (Å²) in [6.07, 6.45) is 0. The first-order valence-corrected chi connectivity index (χ1v) is 9.90. The van der Waals surface area contributed by atoms with Crippen molar-refractivity contribution in [3.8, 4) is 0 Å². The predicted molar refractivity (Wildman–Crippen MR) is 131 cm³/mol. The number of nitrogens with one attached hydrogen (secondary N) is 3. The van der Waals surface area contributed by atoms with Gasteiger partial charge in [-0.3, -0.25) is 4.79 Å². The van der Waals surface area contributed by atoms with Crippen molar-refractivity contribution in [1.82, 2.24) is 16.0 Å². The van der Waals surface area contributed by atoms with Gasteiger partial charge in [0.2, 0.25) is 0 Å². The highest BCUT2D eigenvalue weighted by molar-refractivity contribution is 14.0. The van der Waals surface area contributed by atoms with Crippen molar-refractivity contribution in [2.45, 2.75) is 40.2 Å². The molecule has 166 valence electrons. The monoisotopic (exact) mass is 528 g/mol. The molecule has 7 nitrogen and oxygen atoms in total. The number of hydrogen-bond acceptors (Lipinski definition) is 4. The third-order valence-corrected chi connectivity index (χ3v) is 4.49. The van der Waals surface area contributed by atoms with Gasteiger partial charge in [-0.15, -0.1) is 24.0 Å². The molecule has 0 aliphatic carbocycles. The van der Waals surface area contributed by atoms with Gasteiger partial charge in [-0.25, -0.2) is 4.99 Å². The second-order valence-corrected chi connectivity index (χ2v) is 7.35. The highest BCUT2D eigenvalue weighted by atomic mass is 127. The van der Waals surface area contributed by atoms with E-state index in [1.165, 1.54) is 0 Å². The zero-order valence-electron chi connectivity index (χ0n) is 18.3. The molecule has 0 saturated heterocycles. The molecule has 0 fully saturated rings. The number of aliphatic hydroxyl groups is 1. The van der Waals surface area contributed by atoms with Gasteiger partial charge < -0.3 is 25.5 Å². The number of amides is 1. The SMILES string of the molecule is CCNC(=NCC(C)(O)c1cc(C)oc1C)NCCNC(=O)c1cccc(C)c1.I. The fraction of sp³-hybridized carbons (Fsp3) is 0.455. The molecule has 1 atom stereocenters. The Morgan fingerprint density at radius 2 is 1.83 bits per heavy atom. The Bertz CT molecular complexity index is 862. The Morgan fingerprint density at radius 3 is 2.43 bits per heavy atom. The maximum Gasteiger partial charge on any atom is 0.251 e. The van der Waals surface area contributed by atoms with Crippen LogP contribution in [0.15, 0.2) is 39.7 Å². The predicted octanol–water partition coefficient (Wildman–Crippen LogP) is 3.02. The molecule has 1 amide bonds. The fourth-order valence-corrected chi connectivity index (χ4v) is 3.07. The Hall–Kier alpha value is -2.07. The zero-order valence-corrected chi connectivity index (χ0v) is 20.7. The number of benzene rings is 1. The molecule has 1 unspecified atom stereocenters. The van der Waals surface area contributed by atoms with Crippen molar-refractivity contribution in [3.63, 3.8) is 0 Å². The van der Waals surface area contributed by atoms with E-state index in [4.69, 9.17) is 4.42 Å². The largest absolute Gasteiger partial charge is 0.466 e. The maximum absolute atomic E-state index is 12.2. The molecule has 0 aliphatic heterocycles. The molecule has 2 rings (SSSR count). The lowest BCUT2D eigenvalue weighted by Crippen LogP contribution is -2.42. The topological polar surface area (TPSA) is 98.9 Å². The standard InChI is InChI=1S/C22H32N4O3.HI/c1-6-23-21(26-14-22(5,28)19-13-16(3)29-17(19)4)25-11-10-24-20(27)18-9-7-8-15(2)12-18;/h7-9,12-13,28H,6,10-11,14H2,1-5H3,(H,24,27)(H2,23,25,26);1H. The van der Waals surface area contributed by atoms with Crippen LogP contribution in [0.4, 0.5) is 0 Å². The molecule has 0 aliphatic rings. The average Bonchev–Trinajstić information content (AvgIpc) is 3.02. The van der Waals surface area contributed by atoms with Crippen molar-refractivity contribution in [2.24, 2.45) is 4.99 Å². The van der Waals surface area contributed by atoms with Crippen LogP contribution in [0.25, 0.3) is 0 Å². The molecule has 0 spiro atoms. The van der Waals surface area contributed by atoms with E-state index in [2.05, 4.69) is 20.9 Å². The summed E-state index contributed by atoms with van der Waals surface area (Å²) in [6, 6.07) is 9.32. The van der Waals surface area contributed by atoms with E-state index in [1.807, 2.05) is 52.0 Å². The van der Waals surface area contributed by atoms with Gasteiger partial charge in [-0.2, -0.15) is 0 Å². The second kappa shape index (κ2) is 11.9. The number of furan rings is 1. The average molecular weight is 528 g/mol. The fourth-order valence-electron chi connectivity index (χ4n) is 3.07. The Morgan fingerprint density at radius 1 is 1.13 bits per heavy atom. The number of rotatable bonds is 8. The summed E-state index contributed by atoms with van der Waals surface area (Å²) in [5.41, 5.74) is 1.30. The van der Waals surface area contributed by atoms with Crippen molar-refractivity contribution < 1.29 is 14.3 Å². The molecule has 1 heterocycles. The van der Waals surface area contributed by atoms with Gasteiger partial charge in [0, 0.05) is 30.8 Å². The summed E-state index contributed by atoms with van der Waals surface area (Å²) in [5, 5.41) is 20.0. The number of carbonyl (C=O) groups excluding carboxylic acids is 1. The minimum absolute atomic E-state index is 0. The minimum atomic E-state index is -1.14. The summed E-state index contributed by atoms with van der Waals surface area (Å²) in [5.74, 6) is 1.93. The smallest absolute Gasteiger partial charge is 0.251 e. The lowest BCUT2D eigenvalue weighted by atomic mass is 9.96. The van der Waals surface area contributed by atoms with Gasteiger partial charge in [0.25, 0.3) is 5.91 Å². The number of carbonyl (C=O) groups is 1. The van der Waals surface area contributed by atoms with E-state index < -0.39 is 5.60 Å². The summed E-state index contributed by atoms with van der Waals surface area (Å²) >= 11 is 0. The van der Waals surface area contributed by atoms with E-state index in [9.17, 15) is 9.90 Å². The van der Waals surface area contributed by atoms with E-state index in [0.29, 0.717) is 36.9 Å². The molecule has 4 N–H and O–H groups in total. The number of halogens is 1. The molecule has 8 heteroatoms. The highest BCUT2D eigenvalue weighted by Crippen LogP contribution is 2.27. The van der Waals surface area contributed by atoms with Crippen LogP contribution in [0.1, 0.15) is 46.9 Å². The molecular weight excluding hydrogens is 495 g/mol. The van der Waals surface area contributed by atoms with Crippen molar-refractivity contribution in [1.29, 1.82) is 0 Å². The van der Waals surface area contributed by atoms with E-state index in [1.54, 1.807) is 13.0 Å². The molecule has 0 bridgehead atoms. The molecule has 2 aromatic rings. The number of aliphatic imine (C=N–C) groups is 1. The van der Waals surface area contributed by atoms with Crippen LogP contribution in [-0.2, 0) is 5.60 Å². The quantitative estimate of drug-likeness (QED) is 0.183. The summed E-state index contributed by atoms with van der Waals surface area (Å²) < 4.78 is 5.52. The summed E-state index contributed by atoms with van der Waals surface area (Å²) in [4.78, 5) is 16.7. The van der Waals surface area contributed by atoms with Crippen LogP contribution >= 0.6 is 24.0 Å². The van der Waals surface area contributed by atoms with Gasteiger partial charge >= 0.3 is 0 Å². The molecule has 0 radical (unpaired) electrons. The van der Waals surface area contributed by atoms with Crippen LogP contribution in [0.5, 0.6) is 0 Å². The van der Waals surface area contributed by atoms with Gasteiger partial charge in [0.1, 0.15) is 17.1 Å². The lowest BCUT2D eigenvalue weighted by Gasteiger charge is -2.21. The van der Waals surface area contributed by atoms with Crippen LogP contribution in [-0.4, -0.2) is 43.2 Å². The summed E-state index contributed by atoms with van der Waals surface area (Å²) in [6.45, 7) is 11.2. The van der Waals surface area contributed by atoms with E-state index in [-0.39, 0.29) is 36.4 Å². The van der Waals surface area contributed by atoms with Crippen molar-refractivity contribution >= 4 is 35.8 Å². The van der Waals surface area contributed by atoms with Gasteiger partial charge in [-0.1, -0.05) is 17.7 Å². The van der Waals surface area contributed by atoms with E-state index in [0.717, 1.165) is 16.9 Å². The van der Waals surface area contributed by atoms with E-state index >= 15 is 0 Å². The number of nitrogens with zero attached hydrogens (tertiary/aromatic N) is 1. The van der Waals surface area contributed by atoms with Crippen LogP contribution in [0.2, 0.25) is 0 Å². The van der Waals surface area contributed by atoms with Crippen molar-refractivity contribution in [2.75, 3.05) is 26.2 Å². The maximum atomic E-state index is 12.2.